The summed E-state index contributed by atoms with van der Waals surface area (Å²) in [5.41, 5.74) is 0.396. The molecule has 2 fully saturated rings. The van der Waals surface area contributed by atoms with Gasteiger partial charge in [-0.05, 0) is 72.5 Å². The molecule has 4 aromatic rings. The second-order valence-electron chi connectivity index (χ2n) is 14.1. The number of hydrogen-bond donors (Lipinski definition) is 1. The summed E-state index contributed by atoms with van der Waals surface area (Å²) < 4.78 is 116. The maximum atomic E-state index is 12.6. The fourth-order valence-electron chi connectivity index (χ4n) is 5.71. The van der Waals surface area contributed by atoms with Gasteiger partial charge in [-0.1, -0.05) is 60.7 Å². The van der Waals surface area contributed by atoms with E-state index in [0.717, 1.165) is 66.6 Å². The normalized spacial score (nSPS) is 14.8. The van der Waals surface area contributed by atoms with E-state index in [2.05, 4.69) is 4.89 Å². The maximum absolute atomic E-state index is 12.6. The number of carbonyl (C=O) groups excluding carboxylic acids is 3. The van der Waals surface area contributed by atoms with Crippen LogP contribution in [0.4, 0.5) is 35.9 Å². The predicted octanol–water partition coefficient (Wildman–Crippen LogP) is 4.36. The molecule has 6 rings (SSSR count). The van der Waals surface area contributed by atoms with Crippen molar-refractivity contribution in [2.45, 2.75) is 45.3 Å². The van der Waals surface area contributed by atoms with Crippen LogP contribution in [0.1, 0.15) is 42.0 Å². The number of hydrogen-bond acceptors (Lipinski definition) is 13. The summed E-state index contributed by atoms with van der Waals surface area (Å²) in [5, 5.41) is 24.4. The summed E-state index contributed by atoms with van der Waals surface area (Å²) in [4.78, 5) is 38.5. The summed E-state index contributed by atoms with van der Waals surface area (Å²) in [7, 11) is -3.43. The van der Waals surface area contributed by atoms with Crippen molar-refractivity contribution in [1.29, 1.82) is 5.26 Å². The van der Waals surface area contributed by atoms with Gasteiger partial charge in [-0.2, -0.15) is 40.0 Å². The van der Waals surface area contributed by atoms with Crippen LogP contribution >= 0.6 is 0 Å². The van der Waals surface area contributed by atoms with Gasteiger partial charge in [-0.3, -0.25) is 8.98 Å². The van der Waals surface area contributed by atoms with Crippen LogP contribution in [0.5, 0.6) is 11.5 Å². The molecule has 0 aromatic heterocycles. The first-order valence-electron chi connectivity index (χ1n) is 19.6. The summed E-state index contributed by atoms with van der Waals surface area (Å²) in [6.07, 6.45) is -6.92. The van der Waals surface area contributed by atoms with E-state index in [-0.39, 0.29) is 194 Å². The van der Waals surface area contributed by atoms with E-state index in [9.17, 15) is 44.3 Å². The summed E-state index contributed by atoms with van der Waals surface area (Å²) in [6, 6.07) is 28.9. The number of amides is 2. The van der Waals surface area contributed by atoms with E-state index < -0.39 is 33.6 Å². The van der Waals surface area contributed by atoms with Gasteiger partial charge in [-0.15, -0.1) is 0 Å². The number of alkyl halides is 6. The molecule has 68 heavy (non-hydrogen) atoms. The first-order chi connectivity index (χ1) is 31.2. The minimum Gasteiger partial charge on any atom is -0.662 e. The molecular weight excluding hydrogens is 1170 g/mol. The molecule has 2 aliphatic rings. The molecule has 2 aliphatic heterocycles. The van der Waals surface area contributed by atoms with Gasteiger partial charge in [0.15, 0.2) is 0 Å². The average molecular weight is 1220 g/mol. The summed E-state index contributed by atoms with van der Waals surface area (Å²) >= 11 is 0. The van der Waals surface area contributed by atoms with Crippen LogP contribution in [-0.2, 0) is 59.0 Å². The maximum Gasteiger partial charge on any atom is 1.00 e. The Labute approximate surface area is 508 Å². The topological polar surface area (TPSA) is 205 Å². The van der Waals surface area contributed by atoms with Gasteiger partial charge in [0.05, 0.1) is 36.7 Å². The van der Waals surface area contributed by atoms with Crippen molar-refractivity contribution < 1.29 is 152 Å². The van der Waals surface area contributed by atoms with Crippen LogP contribution in [0.2, 0.25) is 0 Å². The average Bonchev–Trinajstić information content (AvgIpc) is 3.98. The number of ether oxygens (including phenoxy) is 3. The van der Waals surface area contributed by atoms with E-state index >= 15 is 0 Å². The van der Waals surface area contributed by atoms with Gasteiger partial charge in [0.2, 0.25) is 0 Å². The third-order valence-electron chi connectivity index (χ3n) is 8.92. The van der Waals surface area contributed by atoms with Gasteiger partial charge in [-0.25, -0.2) is 9.59 Å². The molecule has 0 aliphatic carbocycles. The van der Waals surface area contributed by atoms with Crippen molar-refractivity contribution in [1.82, 2.24) is 9.80 Å². The van der Waals surface area contributed by atoms with E-state index in [1.807, 2.05) is 60.7 Å². The third-order valence-corrected chi connectivity index (χ3v) is 9.48. The first-order valence-corrected chi connectivity index (χ1v) is 21.5. The molecule has 4 aromatic carbocycles. The Kier molecular flexibility index (Phi) is 33.5. The molecule has 2 saturated heterocycles. The van der Waals surface area contributed by atoms with Crippen LogP contribution in [0.25, 0.3) is 0 Å². The first kappa shape index (κ1) is 65.5. The van der Waals surface area contributed by atoms with Crippen molar-refractivity contribution in [3.63, 3.8) is 0 Å². The zero-order valence-corrected chi connectivity index (χ0v) is 51.0. The molecule has 2 amide bonds. The smallest absolute Gasteiger partial charge is 0.662 e. The van der Waals surface area contributed by atoms with Gasteiger partial charge in [0.1, 0.15) is 24.7 Å². The second-order valence-corrected chi connectivity index (χ2v) is 15.7. The Morgan fingerprint density at radius 3 is 1.47 bits per heavy atom. The molecule has 1 radical (unpaired) electrons. The van der Waals surface area contributed by atoms with Gasteiger partial charge in [0.25, 0.3) is 16.6 Å². The molecule has 0 bridgehead atoms. The molecule has 0 spiro atoms. The molecule has 361 valence electrons. The Morgan fingerprint density at radius 2 is 1.12 bits per heavy atom. The monoisotopic (exact) mass is 1220 g/mol. The summed E-state index contributed by atoms with van der Waals surface area (Å²) in [5.74, 6) is 0.367. The van der Waals surface area contributed by atoms with Crippen molar-refractivity contribution in [2.24, 2.45) is 11.8 Å². The fraction of sp³-hybridized carbons (Fsp3) is 0.364. The minimum absolute atomic E-state index is 0. The van der Waals surface area contributed by atoms with Gasteiger partial charge >= 0.3 is 93.4 Å². The number of halogens is 6. The van der Waals surface area contributed by atoms with Gasteiger partial charge < -0.3 is 39.3 Å². The number of aromatic hydroxyl groups is 1. The molecule has 24 heteroatoms. The summed E-state index contributed by atoms with van der Waals surface area (Å²) in [6.45, 7) is 4.27. The molecule has 0 unspecified atom stereocenters. The van der Waals surface area contributed by atoms with Crippen LogP contribution in [0, 0.1) is 23.2 Å². The van der Waals surface area contributed by atoms with E-state index in [1.54, 1.807) is 15.9 Å². The van der Waals surface area contributed by atoms with Crippen molar-refractivity contribution in [3.8, 4) is 17.6 Å². The second kappa shape index (κ2) is 34.8. The van der Waals surface area contributed by atoms with Crippen molar-refractivity contribution in [3.05, 3.63) is 131 Å². The number of phenolic OH excluding ortho intramolecular Hbond substituents is 1. The number of phenols is 1. The van der Waals surface area contributed by atoms with E-state index in [1.165, 1.54) is 19.1 Å². The van der Waals surface area contributed by atoms with Crippen LogP contribution in [-0.4, -0.2) is 157 Å². The fourth-order valence-corrected chi connectivity index (χ4v) is 6.15. The molecule has 0 saturated carbocycles. The zero-order chi connectivity index (χ0) is 49.2. The molecule has 15 nitrogen and oxygen atoms in total. The predicted molar refractivity (Wildman–Crippen MR) is 228 cm³/mol. The molecule has 2 heterocycles. The van der Waals surface area contributed by atoms with E-state index in [0.29, 0.717) is 38.5 Å². The quantitative estimate of drug-likeness (QED) is 0.0730. The molecular formula is C44H48Cs2F6N3O12S. The number of nitriles is 1. The van der Waals surface area contributed by atoms with Crippen LogP contribution < -0.4 is 78.9 Å². The Balaban J connectivity index is 0.000000969. The van der Waals surface area contributed by atoms with Gasteiger partial charge in [0, 0.05) is 114 Å². The largest absolute Gasteiger partial charge is 1.00 e. The standard InChI is InChI=1S/C20H20F3NO3.C14H19NO5S.C7H5F3O.C2H3N.CH2O3.2Cs/c21-20(22,23)17-6-8-18(9-7-17)26-14-16-10-11-24(12-16)19(25)27-13-15-4-2-1-3-5-15;1-21(17,18)20-11-13-7-8-15(9-13)14(16)19-10-12-5-3-2-4-6-12;8-7(9,10)5-1-3-6(11)4-2-5;1-2-3;2-1-4-3;;/h1-9,16H,10-14H2;2-6,13H,7-11H2,1H3;1-4,11H;1H3;1,3H;;/q;;;;;;+1/p-1/t16-;13-;;;;;/m00...../s1. The number of nitrogens with zero attached hydrogens (tertiary/aromatic N) is 3. The van der Waals surface area contributed by atoms with Crippen LogP contribution in [0.15, 0.2) is 109 Å². The SMILES string of the molecule is CC#N.CS(=O)(=O)OC[C@H]1CCN(C(=O)OCc2ccccc2)C1.O=C(OCc1ccccc1)N1CC[C@H](COc2ccc(C(F)(F)F)cc2)C1.O=CO[O-].Oc1ccc(C(F)(F)F)cc1.[Cs+].[Cs]. The zero-order valence-electron chi connectivity index (χ0n) is 37.7. The Morgan fingerprint density at radius 1 is 0.750 bits per heavy atom. The number of benzene rings is 4. The van der Waals surface area contributed by atoms with Crippen molar-refractivity contribution in [2.75, 3.05) is 45.6 Å². The number of carbonyl (C=O) groups is 3. The minimum atomic E-state index is -4.36. The molecule has 1 N–H and O–H groups in total. The Hall–Kier alpha value is -2.47. The van der Waals surface area contributed by atoms with E-state index in [4.69, 9.17) is 38.8 Å². The third kappa shape index (κ3) is 28.4. The molecule has 2 atom stereocenters. The number of likely N-dealkylation sites (tertiary alicyclic amines) is 2. The van der Waals surface area contributed by atoms with Crippen LogP contribution in [0.3, 0.4) is 0 Å². The Bertz CT molecular complexity index is 2190. The number of rotatable bonds is 11. The van der Waals surface area contributed by atoms with Crippen molar-refractivity contribution >= 4 is 97.7 Å².